The molecule has 0 aliphatic rings. The summed E-state index contributed by atoms with van der Waals surface area (Å²) in [5, 5.41) is 12.4. The summed E-state index contributed by atoms with van der Waals surface area (Å²) in [6.07, 6.45) is 1.69. The first-order valence-electron chi connectivity index (χ1n) is 10.1. The van der Waals surface area contributed by atoms with Crippen LogP contribution in [0.2, 0.25) is 10.0 Å². The van der Waals surface area contributed by atoms with Gasteiger partial charge in [0.25, 0.3) is 0 Å². The Kier molecular flexibility index (Phi) is 6.17. The molecule has 3 heterocycles. The van der Waals surface area contributed by atoms with Crippen LogP contribution in [0.5, 0.6) is 0 Å². The molecule has 1 atom stereocenters. The minimum absolute atomic E-state index is 0.000428. The number of halogens is 2. The Hall–Kier alpha value is -3.13. The van der Waals surface area contributed by atoms with E-state index in [1.165, 1.54) is 24.3 Å². The highest BCUT2D eigenvalue weighted by Gasteiger charge is 2.28. The lowest BCUT2D eigenvalue weighted by atomic mass is 10.1. The van der Waals surface area contributed by atoms with Crippen LogP contribution in [0.25, 0.3) is 32.9 Å². The molecule has 0 saturated carbocycles. The molecule has 0 aliphatic heterocycles. The van der Waals surface area contributed by atoms with Crippen molar-refractivity contribution in [1.29, 1.82) is 0 Å². The summed E-state index contributed by atoms with van der Waals surface area (Å²) >= 11 is 13.0. The normalized spacial score (nSPS) is 13.0. The second-order valence-corrected chi connectivity index (χ2v) is 11.3. The maximum Gasteiger partial charge on any atom is 0.348 e. The number of carboxylic acids is 1. The molecule has 11 heteroatoms. The second-order valence-electron chi connectivity index (χ2n) is 7.52. The number of aromatic nitrogens is 1. The quantitative estimate of drug-likeness (QED) is 0.194. The molecule has 5 rings (SSSR count). The van der Waals surface area contributed by atoms with E-state index in [-0.39, 0.29) is 20.9 Å². The number of nitrogens with one attached hydrogen (secondary N) is 1. The predicted octanol–water partition coefficient (Wildman–Crippen LogP) is 7.15. The highest BCUT2D eigenvalue weighted by molar-refractivity contribution is 7.67. The van der Waals surface area contributed by atoms with Gasteiger partial charge in [-0.3, -0.25) is 9.55 Å². The van der Waals surface area contributed by atoms with E-state index in [1.54, 1.807) is 12.3 Å². The number of pyridine rings is 1. The van der Waals surface area contributed by atoms with Gasteiger partial charge < -0.3 is 19.5 Å². The number of hydrogen-bond acceptors (Lipinski definition) is 5. The van der Waals surface area contributed by atoms with Crippen molar-refractivity contribution in [2.45, 2.75) is 0 Å². The highest BCUT2D eigenvalue weighted by atomic mass is 35.5. The number of carboxylic acid groups (broad SMARTS) is 1. The Morgan fingerprint density at radius 1 is 1.03 bits per heavy atom. The molecule has 35 heavy (non-hydrogen) atoms. The molecule has 5 aromatic rings. The lowest BCUT2D eigenvalue weighted by Gasteiger charge is -2.15. The van der Waals surface area contributed by atoms with Crippen molar-refractivity contribution in [2.24, 2.45) is 0 Å². The van der Waals surface area contributed by atoms with Crippen LogP contribution >= 0.6 is 42.1 Å². The predicted molar refractivity (Wildman–Crippen MR) is 139 cm³/mol. The molecule has 0 aliphatic carbocycles. The third-order valence-corrected chi connectivity index (χ3v) is 8.61. The largest absolute Gasteiger partial charge is 0.477 e. The van der Waals surface area contributed by atoms with Gasteiger partial charge in [-0.15, -0.1) is 11.3 Å². The summed E-state index contributed by atoms with van der Waals surface area (Å²) in [6, 6.07) is 18.5. The molecular formula is C24H15Cl2N2O5PS. The van der Waals surface area contributed by atoms with E-state index in [9.17, 15) is 19.4 Å². The average Bonchev–Trinajstić information content (AvgIpc) is 3.43. The summed E-state index contributed by atoms with van der Waals surface area (Å²) in [5.74, 6) is -0.566. The molecule has 3 N–H and O–H groups in total. The Labute approximate surface area is 213 Å². The molecule has 0 bridgehead atoms. The molecule has 0 amide bonds. The third kappa shape index (κ3) is 4.72. The van der Waals surface area contributed by atoms with Crippen molar-refractivity contribution in [3.8, 4) is 21.8 Å². The van der Waals surface area contributed by atoms with E-state index < -0.39 is 13.5 Å². The van der Waals surface area contributed by atoms with E-state index in [0.29, 0.717) is 21.2 Å². The van der Waals surface area contributed by atoms with Crippen LogP contribution < -0.4 is 10.4 Å². The monoisotopic (exact) mass is 544 g/mol. The van der Waals surface area contributed by atoms with Gasteiger partial charge in [-0.1, -0.05) is 47.5 Å². The average molecular weight is 545 g/mol. The van der Waals surface area contributed by atoms with Crippen LogP contribution in [-0.2, 0) is 4.57 Å². The molecule has 0 spiro atoms. The van der Waals surface area contributed by atoms with Crippen molar-refractivity contribution in [3.63, 3.8) is 0 Å². The molecule has 0 fully saturated rings. The summed E-state index contributed by atoms with van der Waals surface area (Å²) in [4.78, 5) is 27.3. The Morgan fingerprint density at radius 3 is 2.46 bits per heavy atom. The molecule has 2 aromatic carbocycles. The number of thiophene rings is 1. The smallest absolute Gasteiger partial charge is 0.348 e. The fourth-order valence-electron chi connectivity index (χ4n) is 3.54. The van der Waals surface area contributed by atoms with Gasteiger partial charge in [-0.05, 0) is 42.0 Å². The van der Waals surface area contributed by atoms with Crippen LogP contribution in [0.15, 0.2) is 77.3 Å². The van der Waals surface area contributed by atoms with Crippen molar-refractivity contribution < 1.29 is 23.8 Å². The van der Waals surface area contributed by atoms with E-state index in [4.69, 9.17) is 27.6 Å². The van der Waals surface area contributed by atoms with Crippen LogP contribution in [0.3, 0.4) is 0 Å². The van der Waals surface area contributed by atoms with E-state index in [2.05, 4.69) is 10.1 Å². The van der Waals surface area contributed by atoms with Crippen molar-refractivity contribution in [1.82, 2.24) is 4.98 Å². The standard InChI is InChI=1S/C24H15Cl2N2O5PS/c25-15-7-8-21(16(26)10-15)34(31,32)28-18-12-22(35-23(18)24(29)30)14-5-3-13(4-6-14)20-11-17-19(33-20)2-1-9-27-17/h1-12H,(H,29,30)(H2,28,31,32). The lowest BCUT2D eigenvalue weighted by molar-refractivity contribution is 0.0703. The minimum atomic E-state index is -4.25. The first-order chi connectivity index (χ1) is 16.7. The van der Waals surface area contributed by atoms with Crippen molar-refractivity contribution in [2.75, 3.05) is 5.09 Å². The number of hydrogen-bond donors (Lipinski definition) is 3. The number of benzene rings is 2. The van der Waals surface area contributed by atoms with Crippen molar-refractivity contribution in [3.05, 3.63) is 87.8 Å². The fraction of sp³-hybridized carbons (Fsp3) is 0. The van der Waals surface area contributed by atoms with Gasteiger partial charge in [0.2, 0.25) is 0 Å². The van der Waals surface area contributed by atoms with Gasteiger partial charge in [0.15, 0.2) is 5.58 Å². The first-order valence-corrected chi connectivity index (χ1v) is 13.3. The van der Waals surface area contributed by atoms with Gasteiger partial charge in [-0.25, -0.2) is 4.79 Å². The number of anilines is 1. The minimum Gasteiger partial charge on any atom is -0.477 e. The lowest BCUT2D eigenvalue weighted by Crippen LogP contribution is -2.13. The fourth-order valence-corrected chi connectivity index (χ4v) is 6.58. The zero-order chi connectivity index (χ0) is 24.7. The number of aromatic carboxylic acids is 1. The summed E-state index contributed by atoms with van der Waals surface area (Å²) in [6.45, 7) is 0. The van der Waals surface area contributed by atoms with Crippen LogP contribution in [0.1, 0.15) is 9.67 Å². The molecule has 0 radical (unpaired) electrons. The molecule has 7 nitrogen and oxygen atoms in total. The number of rotatable bonds is 6. The second kappa shape index (κ2) is 9.15. The zero-order valence-corrected chi connectivity index (χ0v) is 20.8. The number of furan rings is 1. The molecule has 0 saturated heterocycles. The highest BCUT2D eigenvalue weighted by Crippen LogP contribution is 2.46. The van der Waals surface area contributed by atoms with E-state index in [0.717, 1.165) is 28.0 Å². The molecule has 176 valence electrons. The number of carbonyl (C=O) groups is 1. The Bertz CT molecular complexity index is 1600. The Balaban J connectivity index is 1.46. The zero-order valence-electron chi connectivity index (χ0n) is 17.6. The SMILES string of the molecule is O=C(O)c1sc(-c2ccc(-c3cc4ncccc4o3)cc2)cc1NP(=O)(O)c1ccc(Cl)cc1Cl. The summed E-state index contributed by atoms with van der Waals surface area (Å²) in [7, 11) is -4.25. The topological polar surface area (TPSA) is 113 Å². The molecular weight excluding hydrogens is 530 g/mol. The van der Waals surface area contributed by atoms with Gasteiger partial charge in [0.05, 0.1) is 16.0 Å². The van der Waals surface area contributed by atoms with Gasteiger partial charge >= 0.3 is 13.5 Å². The maximum absolute atomic E-state index is 13.0. The van der Waals surface area contributed by atoms with E-state index in [1.807, 2.05) is 36.4 Å². The number of nitrogens with zero attached hydrogens (tertiary/aromatic N) is 1. The van der Waals surface area contributed by atoms with Crippen LogP contribution in [0, 0.1) is 0 Å². The molecule has 3 aromatic heterocycles. The van der Waals surface area contributed by atoms with Gasteiger partial charge in [0.1, 0.15) is 16.2 Å². The summed E-state index contributed by atoms with van der Waals surface area (Å²) in [5.41, 5.74) is 3.02. The third-order valence-electron chi connectivity index (χ3n) is 5.18. The van der Waals surface area contributed by atoms with Crippen LogP contribution in [0.4, 0.5) is 5.69 Å². The summed E-state index contributed by atoms with van der Waals surface area (Å²) < 4.78 is 18.9. The molecule has 1 unspecified atom stereocenters. The van der Waals surface area contributed by atoms with Crippen molar-refractivity contribution >= 4 is 70.1 Å². The van der Waals surface area contributed by atoms with Gasteiger partial charge in [-0.2, -0.15) is 0 Å². The van der Waals surface area contributed by atoms with Crippen LogP contribution in [-0.4, -0.2) is 21.0 Å². The number of fused-ring (bicyclic) bond motifs is 1. The maximum atomic E-state index is 13.0. The van der Waals surface area contributed by atoms with Gasteiger partial charge in [0, 0.05) is 27.7 Å². The first kappa shape index (κ1) is 23.6. The Morgan fingerprint density at radius 2 is 1.77 bits per heavy atom. The van der Waals surface area contributed by atoms with E-state index >= 15 is 0 Å².